The van der Waals surface area contributed by atoms with Crippen LogP contribution in [0.15, 0.2) is 18.2 Å². The van der Waals surface area contributed by atoms with Gasteiger partial charge in [0, 0.05) is 18.2 Å². The third-order valence-corrected chi connectivity index (χ3v) is 4.88. The summed E-state index contributed by atoms with van der Waals surface area (Å²) in [5.41, 5.74) is 2.96. The highest BCUT2D eigenvalue weighted by molar-refractivity contribution is 5.38. The molecule has 118 valence electrons. The highest BCUT2D eigenvalue weighted by Gasteiger charge is 2.29. The molecule has 3 heteroatoms. The average Bonchev–Trinajstić information content (AvgIpc) is 2.48. The van der Waals surface area contributed by atoms with Crippen LogP contribution in [0.2, 0.25) is 0 Å². The van der Waals surface area contributed by atoms with Crippen molar-refractivity contribution >= 4 is 0 Å². The van der Waals surface area contributed by atoms with E-state index in [2.05, 4.69) is 56.2 Å². The molecule has 1 atom stereocenters. The first kappa shape index (κ1) is 16.3. The summed E-state index contributed by atoms with van der Waals surface area (Å²) < 4.78 is 5.51. The van der Waals surface area contributed by atoms with Crippen molar-refractivity contribution in [1.29, 1.82) is 0 Å². The van der Waals surface area contributed by atoms with Crippen molar-refractivity contribution in [2.24, 2.45) is 5.41 Å². The first-order valence-corrected chi connectivity index (χ1v) is 8.00. The molecule has 0 aliphatic carbocycles. The Morgan fingerprint density at radius 3 is 2.62 bits per heavy atom. The maximum atomic E-state index is 5.51. The molecule has 1 heterocycles. The smallest absolute Gasteiger partial charge is 0.123 e. The largest absolute Gasteiger partial charge is 0.496 e. The minimum absolute atomic E-state index is 0.316. The third kappa shape index (κ3) is 4.21. The Morgan fingerprint density at radius 1 is 1.33 bits per heavy atom. The van der Waals surface area contributed by atoms with Gasteiger partial charge in [0.05, 0.1) is 7.11 Å². The summed E-state index contributed by atoms with van der Waals surface area (Å²) in [5, 5.41) is 3.73. The number of ether oxygens (including phenoxy) is 1. The van der Waals surface area contributed by atoms with Gasteiger partial charge in [-0.05, 0) is 58.3 Å². The number of piperidine rings is 1. The molecule has 1 aromatic rings. The van der Waals surface area contributed by atoms with Gasteiger partial charge in [-0.2, -0.15) is 0 Å². The summed E-state index contributed by atoms with van der Waals surface area (Å²) in [6.45, 7) is 10.3. The molecule has 1 aliphatic heterocycles. The lowest BCUT2D eigenvalue weighted by atomic mass is 9.80. The van der Waals surface area contributed by atoms with Gasteiger partial charge >= 0.3 is 0 Å². The van der Waals surface area contributed by atoms with Crippen LogP contribution in [-0.4, -0.2) is 38.7 Å². The summed E-state index contributed by atoms with van der Waals surface area (Å²) in [5.74, 6) is 0.981. The minimum atomic E-state index is 0.316. The van der Waals surface area contributed by atoms with Crippen molar-refractivity contribution in [1.82, 2.24) is 10.2 Å². The lowest BCUT2D eigenvalue weighted by Gasteiger charge is -2.38. The zero-order chi connectivity index (χ0) is 15.5. The molecule has 1 fully saturated rings. The van der Waals surface area contributed by atoms with E-state index in [9.17, 15) is 0 Å². The summed E-state index contributed by atoms with van der Waals surface area (Å²) in [7, 11) is 3.96. The molecular weight excluding hydrogens is 260 g/mol. The Morgan fingerprint density at radius 2 is 2.00 bits per heavy atom. The predicted octanol–water partition coefficient (Wildman–Crippen LogP) is 3.39. The SMILES string of the molecule is COc1ccc(C)cc1C(C)NCC1(C)CCN(C)CC1. The fraction of sp³-hybridized carbons (Fsp3) is 0.667. The van der Waals surface area contributed by atoms with Crippen LogP contribution >= 0.6 is 0 Å². The van der Waals surface area contributed by atoms with Crippen LogP contribution < -0.4 is 10.1 Å². The predicted molar refractivity (Wildman–Crippen MR) is 89.0 cm³/mol. The van der Waals surface area contributed by atoms with Gasteiger partial charge in [-0.15, -0.1) is 0 Å². The molecule has 1 unspecified atom stereocenters. The van der Waals surface area contributed by atoms with Crippen LogP contribution in [-0.2, 0) is 0 Å². The summed E-state index contributed by atoms with van der Waals surface area (Å²) >= 11 is 0. The van der Waals surface area contributed by atoms with Gasteiger partial charge in [0.2, 0.25) is 0 Å². The van der Waals surface area contributed by atoms with Crippen LogP contribution in [0.5, 0.6) is 5.75 Å². The molecule has 1 saturated heterocycles. The van der Waals surface area contributed by atoms with E-state index in [1.165, 1.54) is 37.1 Å². The molecule has 1 aromatic carbocycles. The Labute approximate surface area is 129 Å². The van der Waals surface area contributed by atoms with Crippen LogP contribution in [0.25, 0.3) is 0 Å². The molecule has 0 bridgehead atoms. The normalized spacial score (nSPS) is 20.2. The van der Waals surface area contributed by atoms with E-state index in [0.29, 0.717) is 11.5 Å². The van der Waals surface area contributed by atoms with Crippen molar-refractivity contribution in [3.8, 4) is 5.75 Å². The van der Waals surface area contributed by atoms with Crippen LogP contribution in [0, 0.1) is 12.3 Å². The van der Waals surface area contributed by atoms with Gasteiger partial charge < -0.3 is 15.0 Å². The Hall–Kier alpha value is -1.06. The molecular formula is C18H30N2O. The molecule has 1 aliphatic rings. The highest BCUT2D eigenvalue weighted by atomic mass is 16.5. The van der Waals surface area contributed by atoms with Crippen molar-refractivity contribution in [2.75, 3.05) is 33.8 Å². The zero-order valence-corrected chi connectivity index (χ0v) is 14.2. The Balaban J connectivity index is 1.98. The second-order valence-electron chi connectivity index (χ2n) is 6.96. The lowest BCUT2D eigenvalue weighted by Crippen LogP contribution is -2.42. The molecule has 21 heavy (non-hydrogen) atoms. The maximum Gasteiger partial charge on any atom is 0.123 e. The lowest BCUT2D eigenvalue weighted by molar-refractivity contribution is 0.134. The molecule has 0 aromatic heterocycles. The van der Waals surface area contributed by atoms with E-state index >= 15 is 0 Å². The monoisotopic (exact) mass is 290 g/mol. The number of rotatable bonds is 5. The van der Waals surface area contributed by atoms with Crippen molar-refractivity contribution in [3.05, 3.63) is 29.3 Å². The number of benzene rings is 1. The van der Waals surface area contributed by atoms with Crippen molar-refractivity contribution in [2.45, 2.75) is 39.7 Å². The second kappa shape index (κ2) is 6.80. The number of nitrogens with zero attached hydrogens (tertiary/aromatic N) is 1. The summed E-state index contributed by atoms with van der Waals surface area (Å²) in [6.07, 6.45) is 2.54. The van der Waals surface area contributed by atoms with E-state index in [1.807, 2.05) is 0 Å². The first-order chi connectivity index (χ1) is 9.93. The molecule has 0 amide bonds. The average molecular weight is 290 g/mol. The van der Waals surface area contributed by atoms with Gasteiger partial charge in [0.15, 0.2) is 0 Å². The number of nitrogens with one attached hydrogen (secondary N) is 1. The number of hydrogen-bond donors (Lipinski definition) is 1. The standard InChI is InChI=1S/C18H30N2O/c1-14-6-7-17(21-5)16(12-14)15(2)19-13-18(3)8-10-20(4)11-9-18/h6-7,12,15,19H,8-11,13H2,1-5H3. The van der Waals surface area contributed by atoms with E-state index < -0.39 is 0 Å². The van der Waals surface area contributed by atoms with E-state index in [-0.39, 0.29) is 0 Å². The number of likely N-dealkylation sites (tertiary alicyclic amines) is 1. The molecule has 3 nitrogen and oxygen atoms in total. The highest BCUT2D eigenvalue weighted by Crippen LogP contribution is 2.31. The fourth-order valence-electron chi connectivity index (χ4n) is 3.04. The first-order valence-electron chi connectivity index (χ1n) is 8.00. The molecule has 0 spiro atoms. The van der Waals surface area contributed by atoms with Crippen molar-refractivity contribution in [3.63, 3.8) is 0 Å². The Bertz CT molecular complexity index is 464. The van der Waals surface area contributed by atoms with Crippen molar-refractivity contribution < 1.29 is 4.74 Å². The molecule has 0 saturated carbocycles. The van der Waals surface area contributed by atoms with Gasteiger partial charge in [0.25, 0.3) is 0 Å². The van der Waals surface area contributed by atoms with E-state index in [4.69, 9.17) is 4.74 Å². The second-order valence-corrected chi connectivity index (χ2v) is 6.96. The van der Waals surface area contributed by atoms with Crippen LogP contribution in [0.1, 0.15) is 43.9 Å². The fourth-order valence-corrected chi connectivity index (χ4v) is 3.04. The number of aryl methyl sites for hydroxylation is 1. The summed E-state index contributed by atoms with van der Waals surface area (Å²) in [6, 6.07) is 6.72. The number of methoxy groups -OCH3 is 1. The van der Waals surface area contributed by atoms with E-state index in [0.717, 1.165) is 12.3 Å². The quantitative estimate of drug-likeness (QED) is 0.899. The number of hydrogen-bond acceptors (Lipinski definition) is 3. The maximum absolute atomic E-state index is 5.51. The molecule has 1 N–H and O–H groups in total. The Kier molecular flexibility index (Phi) is 5.28. The topological polar surface area (TPSA) is 24.5 Å². The molecule has 2 rings (SSSR count). The van der Waals surface area contributed by atoms with Gasteiger partial charge in [-0.25, -0.2) is 0 Å². The summed E-state index contributed by atoms with van der Waals surface area (Å²) in [4.78, 5) is 2.43. The molecule has 0 radical (unpaired) electrons. The minimum Gasteiger partial charge on any atom is -0.496 e. The zero-order valence-electron chi connectivity index (χ0n) is 14.2. The van der Waals surface area contributed by atoms with Gasteiger partial charge in [-0.3, -0.25) is 0 Å². The van der Waals surface area contributed by atoms with Gasteiger partial charge in [0.1, 0.15) is 5.75 Å². The third-order valence-electron chi connectivity index (χ3n) is 4.88. The van der Waals surface area contributed by atoms with Crippen LogP contribution in [0.3, 0.4) is 0 Å². The van der Waals surface area contributed by atoms with E-state index in [1.54, 1.807) is 7.11 Å². The van der Waals surface area contributed by atoms with Crippen LogP contribution in [0.4, 0.5) is 0 Å². The van der Waals surface area contributed by atoms with Gasteiger partial charge in [-0.1, -0.05) is 24.6 Å².